The van der Waals surface area contributed by atoms with Crippen LogP contribution in [-0.4, -0.2) is 43.5 Å². The van der Waals surface area contributed by atoms with E-state index < -0.39 is 0 Å². The van der Waals surface area contributed by atoms with Gasteiger partial charge in [0.05, 0.1) is 38.0 Å². The lowest BCUT2D eigenvalue weighted by atomic mass is 10.1. The minimum atomic E-state index is 0.647. The number of benzene rings is 1. The molecule has 25 heavy (non-hydrogen) atoms. The summed E-state index contributed by atoms with van der Waals surface area (Å²) in [6.45, 7) is 9.87. The third-order valence-electron chi connectivity index (χ3n) is 5.29. The maximum Gasteiger partial charge on any atom is 0.117 e. The molecule has 4 nitrogen and oxygen atoms in total. The van der Waals surface area contributed by atoms with Crippen LogP contribution in [0, 0.1) is 0 Å². The standard InChI is InChI=1S/C21H31N3O/c1-19(9-10-20-6-3-2-4-7-20)22-18-21-8-5-11-24(21)13-12-23-14-16-25-17-15-23/h2-8,11,19,22H,9-10,12-18H2,1H3/p+2/t19-/m1/s1. The molecule has 2 aromatic rings. The third kappa shape index (κ3) is 5.99. The number of nitrogens with two attached hydrogens (primary N) is 1. The smallest absolute Gasteiger partial charge is 0.117 e. The topological polar surface area (TPSA) is 35.2 Å². The Bertz CT molecular complexity index is 605. The summed E-state index contributed by atoms with van der Waals surface area (Å²) in [5.74, 6) is 0. The normalized spacial score (nSPS) is 16.8. The van der Waals surface area contributed by atoms with Crippen molar-refractivity contribution in [2.24, 2.45) is 0 Å². The fourth-order valence-corrected chi connectivity index (χ4v) is 3.52. The van der Waals surface area contributed by atoms with Gasteiger partial charge in [-0.3, -0.25) is 0 Å². The minimum absolute atomic E-state index is 0.647. The Labute approximate surface area is 151 Å². The molecular weight excluding hydrogens is 310 g/mol. The Hall–Kier alpha value is -1.62. The Kier molecular flexibility index (Phi) is 7.10. The van der Waals surface area contributed by atoms with Gasteiger partial charge in [0.15, 0.2) is 0 Å². The van der Waals surface area contributed by atoms with Crippen LogP contribution >= 0.6 is 0 Å². The summed E-state index contributed by atoms with van der Waals surface area (Å²) >= 11 is 0. The van der Waals surface area contributed by atoms with Gasteiger partial charge in [-0.2, -0.15) is 0 Å². The van der Waals surface area contributed by atoms with Crippen LogP contribution in [0.1, 0.15) is 24.6 Å². The van der Waals surface area contributed by atoms with Gasteiger partial charge in [-0.1, -0.05) is 30.3 Å². The fourth-order valence-electron chi connectivity index (χ4n) is 3.52. The second-order valence-electron chi connectivity index (χ2n) is 7.25. The van der Waals surface area contributed by atoms with Gasteiger partial charge in [0.25, 0.3) is 0 Å². The van der Waals surface area contributed by atoms with Gasteiger partial charge in [0, 0.05) is 12.6 Å². The maximum absolute atomic E-state index is 5.45. The average molecular weight is 344 g/mol. The lowest BCUT2D eigenvalue weighted by Gasteiger charge is -2.24. The van der Waals surface area contributed by atoms with Crippen LogP contribution in [-0.2, 0) is 24.2 Å². The zero-order valence-corrected chi connectivity index (χ0v) is 15.5. The summed E-state index contributed by atoms with van der Waals surface area (Å²) in [5.41, 5.74) is 2.89. The van der Waals surface area contributed by atoms with E-state index in [0.717, 1.165) is 39.4 Å². The SMILES string of the molecule is C[C@H](CCc1ccccc1)[NH2+]Cc1cccn1CC[NH+]1CCOCC1. The lowest BCUT2D eigenvalue weighted by Crippen LogP contribution is -3.14. The van der Waals surface area contributed by atoms with Crippen LogP contribution in [0.15, 0.2) is 48.7 Å². The highest BCUT2D eigenvalue weighted by atomic mass is 16.5. The summed E-state index contributed by atoms with van der Waals surface area (Å²) in [6, 6.07) is 15.9. The van der Waals surface area contributed by atoms with Gasteiger partial charge in [0.2, 0.25) is 0 Å². The monoisotopic (exact) mass is 343 g/mol. The van der Waals surface area contributed by atoms with Crippen molar-refractivity contribution in [3.05, 3.63) is 59.9 Å². The van der Waals surface area contributed by atoms with Crippen molar-refractivity contribution in [2.45, 2.75) is 38.9 Å². The van der Waals surface area contributed by atoms with E-state index >= 15 is 0 Å². The van der Waals surface area contributed by atoms with E-state index in [4.69, 9.17) is 4.74 Å². The highest BCUT2D eigenvalue weighted by Gasteiger charge is 2.14. The van der Waals surface area contributed by atoms with Crippen molar-refractivity contribution in [3.8, 4) is 0 Å². The molecule has 0 spiro atoms. The van der Waals surface area contributed by atoms with E-state index in [-0.39, 0.29) is 0 Å². The molecule has 0 radical (unpaired) electrons. The second kappa shape index (κ2) is 9.76. The van der Waals surface area contributed by atoms with Crippen molar-refractivity contribution in [1.29, 1.82) is 0 Å². The molecule has 1 atom stereocenters. The van der Waals surface area contributed by atoms with Crippen LogP contribution < -0.4 is 10.2 Å². The van der Waals surface area contributed by atoms with Crippen LogP contribution in [0.2, 0.25) is 0 Å². The second-order valence-corrected chi connectivity index (χ2v) is 7.25. The summed E-state index contributed by atoms with van der Waals surface area (Å²) in [7, 11) is 0. The number of hydrogen-bond acceptors (Lipinski definition) is 1. The lowest BCUT2D eigenvalue weighted by molar-refractivity contribution is -0.908. The largest absolute Gasteiger partial charge is 0.370 e. The molecule has 1 fully saturated rings. The van der Waals surface area contributed by atoms with Crippen molar-refractivity contribution in [1.82, 2.24) is 4.57 Å². The molecular formula is C21H33N3O+2. The molecule has 1 aliphatic rings. The highest BCUT2D eigenvalue weighted by molar-refractivity contribution is 5.14. The summed E-state index contributed by atoms with van der Waals surface area (Å²) in [6.07, 6.45) is 4.63. The van der Waals surface area contributed by atoms with E-state index in [1.807, 2.05) is 0 Å². The number of quaternary nitrogens is 2. The number of aryl methyl sites for hydroxylation is 1. The van der Waals surface area contributed by atoms with Crippen molar-refractivity contribution < 1.29 is 15.0 Å². The zero-order valence-electron chi connectivity index (χ0n) is 15.5. The number of hydrogen-bond donors (Lipinski definition) is 2. The van der Waals surface area contributed by atoms with Crippen molar-refractivity contribution in [2.75, 3.05) is 32.8 Å². The quantitative estimate of drug-likeness (QED) is 0.683. The van der Waals surface area contributed by atoms with Gasteiger partial charge < -0.3 is 19.5 Å². The first-order valence-corrected chi connectivity index (χ1v) is 9.74. The van der Waals surface area contributed by atoms with E-state index in [1.54, 1.807) is 4.90 Å². The number of aromatic nitrogens is 1. The number of morpholine rings is 1. The molecule has 1 aromatic carbocycles. The van der Waals surface area contributed by atoms with Crippen LogP contribution in [0.3, 0.4) is 0 Å². The minimum Gasteiger partial charge on any atom is -0.370 e. The molecule has 0 saturated carbocycles. The first-order chi connectivity index (χ1) is 12.3. The van der Waals surface area contributed by atoms with Crippen LogP contribution in [0.25, 0.3) is 0 Å². The first-order valence-electron chi connectivity index (χ1n) is 9.74. The third-order valence-corrected chi connectivity index (χ3v) is 5.29. The van der Waals surface area contributed by atoms with Gasteiger partial charge >= 0.3 is 0 Å². The van der Waals surface area contributed by atoms with E-state index in [0.29, 0.717) is 6.04 Å². The number of nitrogens with one attached hydrogen (secondary N) is 1. The van der Waals surface area contributed by atoms with Crippen LogP contribution in [0.4, 0.5) is 0 Å². The molecule has 2 heterocycles. The molecule has 1 saturated heterocycles. The first kappa shape index (κ1) is 18.2. The molecule has 1 aromatic heterocycles. The van der Waals surface area contributed by atoms with Crippen molar-refractivity contribution >= 4 is 0 Å². The molecule has 4 heteroatoms. The number of nitrogens with zero attached hydrogens (tertiary/aromatic N) is 1. The highest BCUT2D eigenvalue weighted by Crippen LogP contribution is 2.04. The molecule has 136 valence electrons. The molecule has 0 amide bonds. The number of ether oxygens (including phenoxy) is 1. The van der Waals surface area contributed by atoms with Crippen molar-refractivity contribution in [3.63, 3.8) is 0 Å². The molecule has 0 bridgehead atoms. The molecule has 3 N–H and O–H groups in total. The Morgan fingerprint density at radius 3 is 2.72 bits per heavy atom. The van der Waals surface area contributed by atoms with Gasteiger partial charge in [-0.25, -0.2) is 0 Å². The Balaban J connectivity index is 1.39. The Morgan fingerprint density at radius 2 is 1.92 bits per heavy atom. The van der Waals surface area contributed by atoms with E-state index in [9.17, 15) is 0 Å². The average Bonchev–Trinajstić information content (AvgIpc) is 3.12. The molecule has 1 aliphatic heterocycles. The Morgan fingerprint density at radius 1 is 1.12 bits per heavy atom. The van der Waals surface area contributed by atoms with E-state index in [1.165, 1.54) is 30.6 Å². The van der Waals surface area contributed by atoms with Gasteiger partial charge in [-0.05, 0) is 31.0 Å². The molecule has 0 unspecified atom stereocenters. The maximum atomic E-state index is 5.45. The predicted molar refractivity (Wildman–Crippen MR) is 101 cm³/mol. The molecule has 3 rings (SSSR count). The number of rotatable bonds is 9. The fraction of sp³-hybridized carbons (Fsp3) is 0.524. The van der Waals surface area contributed by atoms with Gasteiger partial charge in [-0.15, -0.1) is 0 Å². The summed E-state index contributed by atoms with van der Waals surface area (Å²) in [5, 5.41) is 2.48. The van der Waals surface area contributed by atoms with E-state index in [2.05, 4.69) is 65.5 Å². The molecule has 0 aliphatic carbocycles. The predicted octanol–water partition coefficient (Wildman–Crippen LogP) is 0.488. The summed E-state index contributed by atoms with van der Waals surface area (Å²) in [4.78, 5) is 1.67. The summed E-state index contributed by atoms with van der Waals surface area (Å²) < 4.78 is 7.88. The van der Waals surface area contributed by atoms with Crippen LogP contribution in [0.5, 0.6) is 0 Å². The van der Waals surface area contributed by atoms with Gasteiger partial charge in [0.1, 0.15) is 19.6 Å². The zero-order chi connectivity index (χ0) is 17.3.